The van der Waals surface area contributed by atoms with E-state index in [1.807, 2.05) is 0 Å². The third-order valence-corrected chi connectivity index (χ3v) is 2.00. The summed E-state index contributed by atoms with van der Waals surface area (Å²) in [5.41, 5.74) is 4.66. The second-order valence-corrected chi connectivity index (χ2v) is 4.32. The summed E-state index contributed by atoms with van der Waals surface area (Å²) >= 11 is 4.55. The van der Waals surface area contributed by atoms with Gasteiger partial charge < -0.3 is 21.1 Å². The van der Waals surface area contributed by atoms with Crippen LogP contribution in [0.15, 0.2) is 0 Å². The van der Waals surface area contributed by atoms with Crippen LogP contribution in [-0.4, -0.2) is 42.6 Å². The Labute approximate surface area is 99.9 Å². The maximum absolute atomic E-state index is 11.3. The molecule has 0 aliphatic rings. The number of methoxy groups -OCH3 is 1. The van der Waals surface area contributed by atoms with Gasteiger partial charge in [0.25, 0.3) is 0 Å². The molecule has 0 aromatic heterocycles. The molecule has 0 atom stereocenters. The number of nitrogens with one attached hydrogen (secondary N) is 2. The maximum atomic E-state index is 11.3. The first-order chi connectivity index (χ1) is 7.28. The van der Waals surface area contributed by atoms with Crippen LogP contribution >= 0.6 is 12.2 Å². The third-order valence-electron chi connectivity index (χ3n) is 1.86. The topological polar surface area (TPSA) is 93.4 Å². The van der Waals surface area contributed by atoms with Crippen molar-refractivity contribution in [2.45, 2.75) is 19.4 Å². The van der Waals surface area contributed by atoms with Gasteiger partial charge in [-0.05, 0) is 13.8 Å². The zero-order chi connectivity index (χ0) is 12.8. The second kappa shape index (κ2) is 6.39. The lowest BCUT2D eigenvalue weighted by Gasteiger charge is -2.22. The molecule has 0 unspecified atom stereocenters. The Bertz CT molecular complexity index is 292. The molecule has 0 fully saturated rings. The SMILES string of the molecule is COC(C)(C)CNC(=O)C(=O)NCC(N)=S. The van der Waals surface area contributed by atoms with Gasteiger partial charge in [-0.25, -0.2) is 0 Å². The number of carbonyl (C=O) groups is 2. The summed E-state index contributed by atoms with van der Waals surface area (Å²) < 4.78 is 5.08. The van der Waals surface area contributed by atoms with Crippen LogP contribution in [0.5, 0.6) is 0 Å². The molecule has 7 heteroatoms. The van der Waals surface area contributed by atoms with Crippen molar-refractivity contribution in [1.82, 2.24) is 10.6 Å². The maximum Gasteiger partial charge on any atom is 0.309 e. The van der Waals surface area contributed by atoms with Gasteiger partial charge in [-0.1, -0.05) is 12.2 Å². The Hall–Kier alpha value is -1.21. The summed E-state index contributed by atoms with van der Waals surface area (Å²) in [4.78, 5) is 22.6. The Kier molecular flexibility index (Phi) is 5.91. The largest absolute Gasteiger partial charge is 0.392 e. The Morgan fingerprint density at radius 2 is 1.81 bits per heavy atom. The molecule has 0 aromatic rings. The summed E-state index contributed by atoms with van der Waals surface area (Å²) in [5.74, 6) is -1.50. The standard InChI is InChI=1S/C9H17N3O3S/c1-9(2,15-3)5-12-8(14)7(13)11-4-6(10)16/h4-5H2,1-3H3,(H2,10,16)(H,11,13)(H,12,14). The normalized spacial score (nSPS) is 10.7. The number of thiocarbonyl (C=S) groups is 1. The van der Waals surface area contributed by atoms with E-state index >= 15 is 0 Å². The summed E-state index contributed by atoms with van der Waals surface area (Å²) in [6, 6.07) is 0. The van der Waals surface area contributed by atoms with Crippen LogP contribution in [0.4, 0.5) is 0 Å². The van der Waals surface area contributed by atoms with Crippen molar-refractivity contribution in [3.8, 4) is 0 Å². The summed E-state index contributed by atoms with van der Waals surface area (Å²) in [5, 5.41) is 4.72. The van der Waals surface area contributed by atoms with E-state index in [-0.39, 0.29) is 18.1 Å². The zero-order valence-corrected chi connectivity index (χ0v) is 10.4. The van der Waals surface area contributed by atoms with Crippen LogP contribution in [0, 0.1) is 0 Å². The number of carbonyl (C=O) groups excluding carboxylic acids is 2. The Morgan fingerprint density at radius 3 is 2.25 bits per heavy atom. The summed E-state index contributed by atoms with van der Waals surface area (Å²) in [7, 11) is 1.53. The van der Waals surface area contributed by atoms with Gasteiger partial charge in [-0.2, -0.15) is 0 Å². The first-order valence-electron chi connectivity index (χ1n) is 4.68. The molecular formula is C9H17N3O3S. The molecule has 0 rings (SSSR count). The molecule has 16 heavy (non-hydrogen) atoms. The van der Waals surface area contributed by atoms with Crippen molar-refractivity contribution in [2.24, 2.45) is 5.73 Å². The molecule has 0 heterocycles. The Balaban J connectivity index is 3.98. The van der Waals surface area contributed by atoms with E-state index in [1.165, 1.54) is 7.11 Å². The van der Waals surface area contributed by atoms with Crippen molar-refractivity contribution < 1.29 is 14.3 Å². The molecule has 0 bridgehead atoms. The van der Waals surface area contributed by atoms with Gasteiger partial charge >= 0.3 is 11.8 Å². The lowest BCUT2D eigenvalue weighted by Crippen LogP contribution is -2.47. The predicted octanol–water partition coefficient (Wildman–Crippen LogP) is -1.07. The highest BCUT2D eigenvalue weighted by Gasteiger charge is 2.20. The molecule has 0 aliphatic carbocycles. The molecule has 0 aromatic carbocycles. The minimum atomic E-state index is -0.764. The smallest absolute Gasteiger partial charge is 0.309 e. The van der Waals surface area contributed by atoms with Crippen molar-refractivity contribution >= 4 is 29.0 Å². The van der Waals surface area contributed by atoms with E-state index < -0.39 is 17.4 Å². The number of hydrogen-bond acceptors (Lipinski definition) is 4. The molecule has 6 nitrogen and oxygen atoms in total. The number of rotatable bonds is 5. The fraction of sp³-hybridized carbons (Fsp3) is 0.667. The number of hydrogen-bond donors (Lipinski definition) is 3. The molecule has 0 saturated carbocycles. The Morgan fingerprint density at radius 1 is 1.31 bits per heavy atom. The van der Waals surface area contributed by atoms with Crippen molar-refractivity contribution in [1.29, 1.82) is 0 Å². The molecule has 0 aliphatic heterocycles. The fourth-order valence-electron chi connectivity index (χ4n) is 0.693. The minimum Gasteiger partial charge on any atom is -0.392 e. The van der Waals surface area contributed by atoms with Gasteiger partial charge in [0, 0.05) is 13.7 Å². The zero-order valence-electron chi connectivity index (χ0n) is 9.62. The monoisotopic (exact) mass is 247 g/mol. The van der Waals surface area contributed by atoms with Crippen LogP contribution in [0.2, 0.25) is 0 Å². The van der Waals surface area contributed by atoms with Gasteiger partial charge in [-0.3, -0.25) is 9.59 Å². The molecule has 0 saturated heterocycles. The van der Waals surface area contributed by atoms with Gasteiger partial charge in [0.05, 0.1) is 17.1 Å². The van der Waals surface area contributed by atoms with E-state index in [0.717, 1.165) is 0 Å². The van der Waals surface area contributed by atoms with E-state index in [2.05, 4.69) is 22.9 Å². The quantitative estimate of drug-likeness (QED) is 0.425. The van der Waals surface area contributed by atoms with E-state index in [1.54, 1.807) is 13.8 Å². The molecule has 4 N–H and O–H groups in total. The number of ether oxygens (including phenoxy) is 1. The van der Waals surface area contributed by atoms with Crippen LogP contribution in [0.1, 0.15) is 13.8 Å². The van der Waals surface area contributed by atoms with Crippen LogP contribution in [-0.2, 0) is 14.3 Å². The lowest BCUT2D eigenvalue weighted by molar-refractivity contribution is -0.139. The van der Waals surface area contributed by atoms with Crippen LogP contribution in [0.3, 0.4) is 0 Å². The van der Waals surface area contributed by atoms with Crippen LogP contribution in [0.25, 0.3) is 0 Å². The average Bonchev–Trinajstić information content (AvgIpc) is 2.22. The molecular weight excluding hydrogens is 230 g/mol. The van der Waals surface area contributed by atoms with Crippen molar-refractivity contribution in [2.75, 3.05) is 20.2 Å². The highest BCUT2D eigenvalue weighted by Crippen LogP contribution is 2.04. The third kappa shape index (κ3) is 6.31. The molecule has 2 amide bonds. The van der Waals surface area contributed by atoms with Gasteiger partial charge in [0.2, 0.25) is 0 Å². The van der Waals surface area contributed by atoms with Gasteiger partial charge in [0.15, 0.2) is 0 Å². The van der Waals surface area contributed by atoms with Crippen molar-refractivity contribution in [3.05, 3.63) is 0 Å². The fourth-order valence-corrected chi connectivity index (χ4v) is 0.765. The van der Waals surface area contributed by atoms with Gasteiger partial charge in [-0.15, -0.1) is 0 Å². The summed E-state index contributed by atoms with van der Waals surface area (Å²) in [6.45, 7) is 3.83. The molecule has 92 valence electrons. The van der Waals surface area contributed by atoms with Crippen LogP contribution < -0.4 is 16.4 Å². The lowest BCUT2D eigenvalue weighted by atomic mass is 10.1. The second-order valence-electron chi connectivity index (χ2n) is 3.80. The number of nitrogens with two attached hydrogens (primary N) is 1. The number of amides is 2. The average molecular weight is 247 g/mol. The van der Waals surface area contributed by atoms with Gasteiger partial charge in [0.1, 0.15) is 0 Å². The molecule has 0 radical (unpaired) electrons. The molecule has 0 spiro atoms. The first-order valence-corrected chi connectivity index (χ1v) is 5.09. The van der Waals surface area contributed by atoms with E-state index in [4.69, 9.17) is 10.5 Å². The first kappa shape index (κ1) is 14.8. The van der Waals surface area contributed by atoms with Crippen molar-refractivity contribution in [3.63, 3.8) is 0 Å². The summed E-state index contributed by atoms with van der Waals surface area (Å²) in [6.07, 6.45) is 0. The van der Waals surface area contributed by atoms with E-state index in [0.29, 0.717) is 0 Å². The van der Waals surface area contributed by atoms with E-state index in [9.17, 15) is 9.59 Å². The highest BCUT2D eigenvalue weighted by molar-refractivity contribution is 7.80. The highest BCUT2D eigenvalue weighted by atomic mass is 32.1. The predicted molar refractivity (Wildman–Crippen MR) is 63.9 cm³/mol. The minimum absolute atomic E-state index is 0.00918.